The standard InChI is InChI=1S/C19H18N4OS2/c1-11-3-5-14-16(7-11)22-18(20-14)25-9-13(24)10-26-19-21-15-6-4-12(2)8-17(15)23-19/h3-8H,9-10H2,1-2H3,(H,20,22)(H,21,23). The number of hydrogen-bond acceptors (Lipinski definition) is 5. The number of aromatic nitrogens is 4. The third kappa shape index (κ3) is 3.78. The molecule has 0 fully saturated rings. The van der Waals surface area contributed by atoms with Crippen molar-refractivity contribution in [3.8, 4) is 0 Å². The van der Waals surface area contributed by atoms with Crippen molar-refractivity contribution in [1.29, 1.82) is 0 Å². The van der Waals surface area contributed by atoms with Crippen molar-refractivity contribution in [2.75, 3.05) is 11.5 Å². The maximum absolute atomic E-state index is 12.2. The Morgan fingerprint density at radius 3 is 1.77 bits per heavy atom. The number of fused-ring (bicyclic) bond motifs is 2. The quantitative estimate of drug-likeness (QED) is 0.480. The molecule has 2 heterocycles. The molecule has 132 valence electrons. The predicted octanol–water partition coefficient (Wildman–Crippen LogP) is 4.51. The van der Waals surface area contributed by atoms with Crippen LogP contribution in [0.4, 0.5) is 0 Å². The summed E-state index contributed by atoms with van der Waals surface area (Å²) < 4.78 is 0. The van der Waals surface area contributed by atoms with Gasteiger partial charge in [-0.05, 0) is 49.2 Å². The molecule has 0 saturated heterocycles. The number of rotatable bonds is 6. The van der Waals surface area contributed by atoms with Crippen LogP contribution in [0.1, 0.15) is 11.1 Å². The van der Waals surface area contributed by atoms with Crippen molar-refractivity contribution in [2.45, 2.75) is 24.2 Å². The number of thioether (sulfide) groups is 2. The number of ketones is 1. The number of aryl methyl sites for hydroxylation is 2. The second kappa shape index (κ2) is 7.17. The van der Waals surface area contributed by atoms with Gasteiger partial charge in [-0.15, -0.1) is 0 Å². The number of aromatic amines is 2. The minimum atomic E-state index is 0.160. The van der Waals surface area contributed by atoms with Crippen LogP contribution in [0.15, 0.2) is 46.7 Å². The lowest BCUT2D eigenvalue weighted by Crippen LogP contribution is -2.05. The molecule has 0 atom stereocenters. The molecule has 0 aliphatic heterocycles. The van der Waals surface area contributed by atoms with Gasteiger partial charge in [0.1, 0.15) is 0 Å². The Bertz CT molecular complexity index is 1010. The first kappa shape index (κ1) is 17.2. The smallest absolute Gasteiger partial charge is 0.166 e. The number of H-pyrrole nitrogens is 2. The minimum Gasteiger partial charge on any atom is -0.333 e. The van der Waals surface area contributed by atoms with Crippen LogP contribution in [0.25, 0.3) is 22.1 Å². The molecule has 0 amide bonds. The predicted molar refractivity (Wildman–Crippen MR) is 108 cm³/mol. The maximum Gasteiger partial charge on any atom is 0.166 e. The lowest BCUT2D eigenvalue weighted by Gasteiger charge is -1.97. The first-order chi connectivity index (χ1) is 12.6. The summed E-state index contributed by atoms with van der Waals surface area (Å²) in [5.41, 5.74) is 6.24. The van der Waals surface area contributed by atoms with E-state index in [1.165, 1.54) is 34.7 Å². The van der Waals surface area contributed by atoms with Crippen molar-refractivity contribution in [1.82, 2.24) is 19.9 Å². The van der Waals surface area contributed by atoms with E-state index in [-0.39, 0.29) is 5.78 Å². The molecule has 0 saturated carbocycles. The van der Waals surface area contributed by atoms with Gasteiger partial charge in [-0.25, -0.2) is 9.97 Å². The van der Waals surface area contributed by atoms with Gasteiger partial charge in [0, 0.05) is 0 Å². The topological polar surface area (TPSA) is 74.4 Å². The molecular weight excluding hydrogens is 364 g/mol. The van der Waals surface area contributed by atoms with Crippen LogP contribution in [0, 0.1) is 13.8 Å². The number of imidazole rings is 2. The van der Waals surface area contributed by atoms with E-state index in [1.807, 2.05) is 38.1 Å². The molecule has 2 N–H and O–H groups in total. The van der Waals surface area contributed by atoms with Gasteiger partial charge in [-0.1, -0.05) is 35.7 Å². The molecule has 2 aromatic heterocycles. The van der Waals surface area contributed by atoms with E-state index in [2.05, 4.69) is 32.1 Å². The van der Waals surface area contributed by atoms with Crippen LogP contribution in [0.5, 0.6) is 0 Å². The fraction of sp³-hybridized carbons (Fsp3) is 0.211. The summed E-state index contributed by atoms with van der Waals surface area (Å²) in [7, 11) is 0. The van der Waals surface area contributed by atoms with Gasteiger partial charge in [-0.3, -0.25) is 4.79 Å². The Hall–Kier alpha value is -2.25. The summed E-state index contributed by atoms with van der Waals surface area (Å²) >= 11 is 2.88. The van der Waals surface area contributed by atoms with Gasteiger partial charge in [-0.2, -0.15) is 0 Å². The summed E-state index contributed by atoms with van der Waals surface area (Å²) in [6, 6.07) is 12.2. The van der Waals surface area contributed by atoms with E-state index < -0.39 is 0 Å². The highest BCUT2D eigenvalue weighted by molar-refractivity contribution is 8.01. The number of hydrogen-bond donors (Lipinski definition) is 2. The number of nitrogens with zero attached hydrogens (tertiary/aromatic N) is 2. The third-order valence-corrected chi connectivity index (χ3v) is 5.84. The summed E-state index contributed by atoms with van der Waals surface area (Å²) in [6.45, 7) is 4.10. The fourth-order valence-corrected chi connectivity index (χ4v) is 4.29. The van der Waals surface area contributed by atoms with E-state index in [4.69, 9.17) is 0 Å². The molecule has 0 unspecified atom stereocenters. The van der Waals surface area contributed by atoms with Crippen LogP contribution in [-0.2, 0) is 4.79 Å². The summed E-state index contributed by atoms with van der Waals surface area (Å²) in [5.74, 6) is 0.948. The molecular formula is C19H18N4OS2. The average molecular weight is 383 g/mol. The average Bonchev–Trinajstić information content (AvgIpc) is 3.20. The maximum atomic E-state index is 12.2. The van der Waals surface area contributed by atoms with Crippen LogP contribution >= 0.6 is 23.5 Å². The Kier molecular flexibility index (Phi) is 4.74. The molecule has 4 aromatic rings. The lowest BCUT2D eigenvalue weighted by molar-refractivity contribution is -0.114. The zero-order valence-electron chi connectivity index (χ0n) is 14.5. The molecule has 0 radical (unpaired) electrons. The normalized spacial score (nSPS) is 11.5. The molecule has 0 bridgehead atoms. The van der Waals surface area contributed by atoms with Gasteiger partial charge in [0.25, 0.3) is 0 Å². The summed E-state index contributed by atoms with van der Waals surface area (Å²) in [6.07, 6.45) is 0. The largest absolute Gasteiger partial charge is 0.333 e. The molecule has 26 heavy (non-hydrogen) atoms. The van der Waals surface area contributed by atoms with Crippen molar-refractivity contribution in [3.05, 3.63) is 47.5 Å². The Balaban J connectivity index is 1.34. The second-order valence-corrected chi connectivity index (χ2v) is 8.17. The van der Waals surface area contributed by atoms with E-state index in [1.54, 1.807) is 0 Å². The molecule has 0 aliphatic rings. The zero-order chi connectivity index (χ0) is 18.1. The highest BCUT2D eigenvalue weighted by Crippen LogP contribution is 2.23. The van der Waals surface area contributed by atoms with Crippen LogP contribution in [0.3, 0.4) is 0 Å². The Labute approximate surface area is 159 Å². The van der Waals surface area contributed by atoms with Gasteiger partial charge in [0.2, 0.25) is 0 Å². The highest BCUT2D eigenvalue weighted by atomic mass is 32.2. The third-order valence-electron chi connectivity index (χ3n) is 3.97. The van der Waals surface area contributed by atoms with Crippen molar-refractivity contribution < 1.29 is 4.79 Å². The van der Waals surface area contributed by atoms with Crippen molar-refractivity contribution in [2.24, 2.45) is 0 Å². The van der Waals surface area contributed by atoms with E-state index in [9.17, 15) is 4.79 Å². The number of Topliss-reactive ketones (excluding diaryl/α,β-unsaturated/α-hetero) is 1. The molecule has 5 nitrogen and oxygen atoms in total. The highest BCUT2D eigenvalue weighted by Gasteiger charge is 2.10. The van der Waals surface area contributed by atoms with Gasteiger partial charge < -0.3 is 9.97 Å². The SMILES string of the molecule is Cc1ccc2nc(SCC(=O)CSc3nc4ccc(C)cc4[nH]3)[nH]c2c1. The fourth-order valence-electron chi connectivity index (χ4n) is 2.68. The molecule has 0 aliphatic carbocycles. The molecule has 4 rings (SSSR count). The molecule has 7 heteroatoms. The minimum absolute atomic E-state index is 0.160. The van der Waals surface area contributed by atoms with Gasteiger partial charge in [0.05, 0.1) is 33.6 Å². The Morgan fingerprint density at radius 1 is 0.846 bits per heavy atom. The summed E-state index contributed by atoms with van der Waals surface area (Å²) in [5, 5.41) is 1.56. The first-order valence-electron chi connectivity index (χ1n) is 8.27. The summed E-state index contributed by atoms with van der Waals surface area (Å²) in [4.78, 5) is 27.8. The molecule has 2 aromatic carbocycles. The van der Waals surface area contributed by atoms with Gasteiger partial charge >= 0.3 is 0 Å². The van der Waals surface area contributed by atoms with Crippen LogP contribution < -0.4 is 0 Å². The lowest BCUT2D eigenvalue weighted by atomic mass is 10.2. The van der Waals surface area contributed by atoms with Crippen LogP contribution in [-0.4, -0.2) is 37.2 Å². The van der Waals surface area contributed by atoms with E-state index in [0.717, 1.165) is 32.4 Å². The van der Waals surface area contributed by atoms with E-state index in [0.29, 0.717) is 11.5 Å². The van der Waals surface area contributed by atoms with E-state index >= 15 is 0 Å². The zero-order valence-corrected chi connectivity index (χ0v) is 16.1. The van der Waals surface area contributed by atoms with Gasteiger partial charge in [0.15, 0.2) is 16.1 Å². The Morgan fingerprint density at radius 2 is 1.31 bits per heavy atom. The van der Waals surface area contributed by atoms with Crippen LogP contribution in [0.2, 0.25) is 0 Å². The first-order valence-corrected chi connectivity index (χ1v) is 10.2. The molecule has 0 spiro atoms. The number of carbonyl (C=O) groups excluding carboxylic acids is 1. The van der Waals surface area contributed by atoms with Crippen molar-refractivity contribution in [3.63, 3.8) is 0 Å². The monoisotopic (exact) mass is 382 g/mol. The van der Waals surface area contributed by atoms with Crippen molar-refractivity contribution >= 4 is 51.4 Å². The second-order valence-electron chi connectivity index (χ2n) is 6.24. The number of benzene rings is 2. The number of carbonyl (C=O) groups is 1. The number of nitrogens with one attached hydrogen (secondary N) is 2.